The van der Waals surface area contributed by atoms with Crippen molar-refractivity contribution in [3.8, 4) is 5.75 Å². The summed E-state index contributed by atoms with van der Waals surface area (Å²) in [5, 5.41) is 0.694. The molecule has 1 heterocycles. The van der Waals surface area contributed by atoms with E-state index in [2.05, 4.69) is 6.58 Å². The maximum Gasteiger partial charge on any atom is 0.419 e. The van der Waals surface area contributed by atoms with Gasteiger partial charge in [0.15, 0.2) is 0 Å². The first-order chi connectivity index (χ1) is 13.9. The number of aromatic nitrogens is 1. The summed E-state index contributed by atoms with van der Waals surface area (Å²) in [6, 6.07) is 13.0. The molecule has 7 heteroatoms. The maximum atomic E-state index is 13.7. The third kappa shape index (κ3) is 4.45. The number of amides is 1. The van der Waals surface area contributed by atoms with Gasteiger partial charge < -0.3 is 14.4 Å². The van der Waals surface area contributed by atoms with Crippen LogP contribution >= 0.6 is 0 Å². The lowest BCUT2D eigenvalue weighted by Crippen LogP contribution is -2.22. The Balaban J connectivity index is 1.85. The predicted octanol–water partition coefficient (Wildman–Crippen LogP) is 4.51. The van der Waals surface area contributed by atoms with E-state index >= 15 is 0 Å². The van der Waals surface area contributed by atoms with Crippen LogP contribution in [0.25, 0.3) is 10.9 Å². The van der Waals surface area contributed by atoms with Gasteiger partial charge in [0.25, 0.3) is 0 Å². The van der Waals surface area contributed by atoms with E-state index in [1.807, 2.05) is 0 Å². The number of benzene rings is 2. The van der Waals surface area contributed by atoms with Gasteiger partial charge in [-0.2, -0.15) is 0 Å². The zero-order valence-electron chi connectivity index (χ0n) is 16.2. The first-order valence-corrected chi connectivity index (χ1v) is 8.95. The smallest absolute Gasteiger partial charge is 0.419 e. The monoisotopic (exact) mass is 396 g/mol. The highest BCUT2D eigenvalue weighted by Crippen LogP contribution is 2.24. The number of anilines is 1. The largest absolute Gasteiger partial charge is 0.487 e. The Morgan fingerprint density at radius 3 is 2.55 bits per heavy atom. The first-order valence-electron chi connectivity index (χ1n) is 8.95. The molecule has 3 aromatic rings. The maximum absolute atomic E-state index is 13.7. The summed E-state index contributed by atoms with van der Waals surface area (Å²) in [6.45, 7) is 5.12. The molecule has 6 nitrogen and oxygen atoms in total. The third-order valence-corrected chi connectivity index (χ3v) is 4.43. The molecule has 3 rings (SSSR count). The summed E-state index contributed by atoms with van der Waals surface area (Å²) in [5.41, 5.74) is 1.66. The highest BCUT2D eigenvalue weighted by molar-refractivity contribution is 5.91. The molecule has 0 aliphatic carbocycles. The van der Waals surface area contributed by atoms with Gasteiger partial charge in [0, 0.05) is 25.0 Å². The number of fused-ring (bicyclic) bond motifs is 1. The van der Waals surface area contributed by atoms with Crippen molar-refractivity contribution in [2.75, 3.05) is 18.6 Å². The number of carbonyl (C=O) groups excluding carboxylic acids is 2. The minimum Gasteiger partial charge on any atom is -0.487 e. The molecule has 1 amide bonds. The summed E-state index contributed by atoms with van der Waals surface area (Å²) < 4.78 is 25.9. The Morgan fingerprint density at radius 1 is 1.17 bits per heavy atom. The van der Waals surface area contributed by atoms with E-state index in [9.17, 15) is 14.0 Å². The molecule has 0 radical (unpaired) electrons. The molecule has 0 bridgehead atoms. The van der Waals surface area contributed by atoms with Gasteiger partial charge in [-0.05, 0) is 48.5 Å². The van der Waals surface area contributed by atoms with E-state index in [-0.39, 0.29) is 19.1 Å². The zero-order valence-corrected chi connectivity index (χ0v) is 16.2. The molecule has 0 aliphatic heterocycles. The van der Waals surface area contributed by atoms with Gasteiger partial charge in [-0.25, -0.2) is 13.8 Å². The van der Waals surface area contributed by atoms with Crippen LogP contribution in [-0.4, -0.2) is 30.2 Å². The van der Waals surface area contributed by atoms with Crippen molar-refractivity contribution in [3.05, 3.63) is 72.7 Å². The van der Waals surface area contributed by atoms with E-state index in [0.717, 1.165) is 5.69 Å². The highest BCUT2D eigenvalue weighted by Gasteiger charge is 2.17. The van der Waals surface area contributed by atoms with Crippen LogP contribution in [-0.2, 0) is 16.1 Å². The van der Waals surface area contributed by atoms with Crippen LogP contribution in [0.5, 0.6) is 5.75 Å². The molecular weight excluding hydrogens is 375 g/mol. The Morgan fingerprint density at radius 2 is 1.90 bits per heavy atom. The van der Waals surface area contributed by atoms with Crippen molar-refractivity contribution in [1.82, 2.24) is 4.57 Å². The van der Waals surface area contributed by atoms with Gasteiger partial charge in [-0.3, -0.25) is 4.79 Å². The van der Waals surface area contributed by atoms with E-state index in [1.54, 1.807) is 43.4 Å². The number of hydrogen-bond donors (Lipinski definition) is 0. The van der Waals surface area contributed by atoms with Crippen LogP contribution in [0.2, 0.25) is 0 Å². The highest BCUT2D eigenvalue weighted by atomic mass is 19.1. The Labute approximate surface area is 167 Å². The second-order valence-corrected chi connectivity index (χ2v) is 6.40. The van der Waals surface area contributed by atoms with E-state index < -0.39 is 11.9 Å². The molecule has 1 aromatic heterocycles. The van der Waals surface area contributed by atoms with Gasteiger partial charge in [-0.1, -0.05) is 12.7 Å². The molecule has 0 N–H and O–H groups in total. The van der Waals surface area contributed by atoms with Crippen molar-refractivity contribution in [3.63, 3.8) is 0 Å². The molecule has 0 unspecified atom stereocenters. The number of carbonyl (C=O) groups is 2. The van der Waals surface area contributed by atoms with Crippen molar-refractivity contribution in [2.45, 2.75) is 13.5 Å². The van der Waals surface area contributed by atoms with Crippen molar-refractivity contribution in [1.29, 1.82) is 0 Å². The predicted molar refractivity (Wildman–Crippen MR) is 109 cm³/mol. The molecule has 0 aliphatic rings. The Hall–Kier alpha value is -3.61. The molecule has 2 aromatic carbocycles. The average molecular weight is 396 g/mol. The topological polar surface area (TPSA) is 60.8 Å². The van der Waals surface area contributed by atoms with E-state index in [0.29, 0.717) is 22.3 Å². The Bertz CT molecular complexity index is 1060. The normalized spacial score (nSPS) is 10.6. The van der Waals surface area contributed by atoms with Crippen LogP contribution in [0.3, 0.4) is 0 Å². The van der Waals surface area contributed by atoms with Gasteiger partial charge in [0.05, 0.1) is 11.2 Å². The molecular formula is C22H21FN2O4. The molecule has 0 saturated carbocycles. The molecule has 0 fully saturated rings. The summed E-state index contributed by atoms with van der Waals surface area (Å²) in [4.78, 5) is 25.4. The minimum absolute atomic E-state index is 0.0409. The van der Waals surface area contributed by atoms with Gasteiger partial charge >= 0.3 is 6.09 Å². The fourth-order valence-electron chi connectivity index (χ4n) is 2.85. The number of ether oxygens (including phenoxy) is 2. The van der Waals surface area contributed by atoms with Crippen molar-refractivity contribution in [2.24, 2.45) is 0 Å². The quantitative estimate of drug-likeness (QED) is 0.575. The molecule has 0 saturated heterocycles. The molecule has 29 heavy (non-hydrogen) atoms. The SMILES string of the molecule is C=CCOC(=O)n1c(COc2ccc(N(C)C(C)=O)cc2)cc2ccc(F)cc21. The number of nitrogens with zero attached hydrogens (tertiary/aromatic N) is 2. The molecule has 0 atom stereocenters. The van der Waals surface area contributed by atoms with Crippen LogP contribution < -0.4 is 9.64 Å². The van der Waals surface area contributed by atoms with Gasteiger partial charge in [-0.15, -0.1) is 0 Å². The average Bonchev–Trinajstić information content (AvgIpc) is 3.07. The number of halogens is 1. The lowest BCUT2D eigenvalue weighted by Gasteiger charge is -2.15. The van der Waals surface area contributed by atoms with Gasteiger partial charge in [0.2, 0.25) is 5.91 Å². The minimum atomic E-state index is -0.637. The second-order valence-electron chi connectivity index (χ2n) is 6.40. The standard InChI is InChI=1S/C22H21FN2O4/c1-4-11-28-22(27)25-19(12-16-5-6-17(23)13-21(16)25)14-29-20-9-7-18(8-10-20)24(3)15(2)26/h4-10,12-13H,1,11,14H2,2-3H3. The summed E-state index contributed by atoms with van der Waals surface area (Å²) >= 11 is 0. The van der Waals surface area contributed by atoms with Crippen molar-refractivity contribution >= 4 is 28.6 Å². The van der Waals surface area contributed by atoms with Crippen LogP contribution in [0.1, 0.15) is 12.6 Å². The Kier molecular flexibility index (Phi) is 5.97. The zero-order chi connectivity index (χ0) is 21.0. The van der Waals surface area contributed by atoms with E-state index in [4.69, 9.17) is 9.47 Å². The number of hydrogen-bond acceptors (Lipinski definition) is 4. The second kappa shape index (κ2) is 8.60. The molecule has 0 spiro atoms. The summed E-state index contributed by atoms with van der Waals surface area (Å²) in [6.07, 6.45) is 0.822. The lowest BCUT2D eigenvalue weighted by molar-refractivity contribution is -0.116. The van der Waals surface area contributed by atoms with Crippen LogP contribution in [0.4, 0.5) is 14.9 Å². The van der Waals surface area contributed by atoms with Crippen LogP contribution in [0, 0.1) is 5.82 Å². The summed E-state index contributed by atoms with van der Waals surface area (Å²) in [5.74, 6) is 0.0348. The number of rotatable bonds is 6. The van der Waals surface area contributed by atoms with E-state index in [1.165, 1.54) is 34.6 Å². The van der Waals surface area contributed by atoms with Crippen molar-refractivity contribution < 1.29 is 23.5 Å². The fourth-order valence-corrected chi connectivity index (χ4v) is 2.85. The molecule has 150 valence electrons. The first kappa shape index (κ1) is 20.1. The fraction of sp³-hybridized carbons (Fsp3) is 0.182. The summed E-state index contributed by atoms with van der Waals surface area (Å²) in [7, 11) is 1.69. The third-order valence-electron chi connectivity index (χ3n) is 4.43. The van der Waals surface area contributed by atoms with Crippen LogP contribution in [0.15, 0.2) is 61.2 Å². The van der Waals surface area contributed by atoms with Gasteiger partial charge in [0.1, 0.15) is 24.8 Å². The lowest BCUT2D eigenvalue weighted by atomic mass is 10.2.